The Morgan fingerprint density at radius 1 is 1.29 bits per heavy atom. The maximum atomic E-state index is 12.8. The molecule has 144 valence electrons. The van der Waals surface area contributed by atoms with Crippen LogP contribution in [-0.4, -0.2) is 38.5 Å². The zero-order valence-electron chi connectivity index (χ0n) is 15.7. The molecule has 1 fully saturated rings. The van der Waals surface area contributed by atoms with Gasteiger partial charge in [0, 0.05) is 45.3 Å². The van der Waals surface area contributed by atoms with Crippen LogP contribution in [0.25, 0.3) is 11.2 Å². The number of nitrogens with zero attached hydrogens (tertiary/aromatic N) is 5. The number of piperidine rings is 1. The summed E-state index contributed by atoms with van der Waals surface area (Å²) in [5, 5.41) is 2.98. The van der Waals surface area contributed by atoms with Crippen molar-refractivity contribution < 1.29 is 4.79 Å². The third-order valence-corrected chi connectivity index (χ3v) is 5.09. The molecule has 0 aromatic carbocycles. The molecule has 4 heterocycles. The van der Waals surface area contributed by atoms with Gasteiger partial charge in [-0.2, -0.15) is 0 Å². The Hall–Kier alpha value is -3.29. The van der Waals surface area contributed by atoms with E-state index < -0.39 is 0 Å². The molecule has 3 aromatic heterocycles. The maximum absolute atomic E-state index is 12.8. The highest BCUT2D eigenvalue weighted by Gasteiger charge is 2.28. The molecule has 0 saturated carbocycles. The molecule has 1 aliphatic rings. The standard InChI is InChI=1S/C20H22N6O2/c1-25-17-16(7-3-9-22-17)24-18(20(25)28)26-10-4-6-15(13-26)19(27)23-12-14-5-2-8-21-11-14/h2-3,5,7-9,11,15H,4,6,10,12-13H2,1H3,(H,23,27). The lowest BCUT2D eigenvalue weighted by Crippen LogP contribution is -2.45. The number of carbonyl (C=O) groups is 1. The lowest BCUT2D eigenvalue weighted by Gasteiger charge is -2.32. The SMILES string of the molecule is Cn1c(=O)c(N2CCCC(C(=O)NCc3cccnc3)C2)nc2cccnc21. The number of hydrogen-bond acceptors (Lipinski definition) is 6. The van der Waals surface area contributed by atoms with Crippen LogP contribution in [0.15, 0.2) is 47.7 Å². The Labute approximate surface area is 162 Å². The highest BCUT2D eigenvalue weighted by Crippen LogP contribution is 2.21. The molecule has 1 saturated heterocycles. The van der Waals surface area contributed by atoms with Gasteiger partial charge in [0.25, 0.3) is 5.56 Å². The number of aromatic nitrogens is 4. The van der Waals surface area contributed by atoms with E-state index in [9.17, 15) is 9.59 Å². The minimum atomic E-state index is -0.192. The molecule has 1 N–H and O–H groups in total. The van der Waals surface area contributed by atoms with Gasteiger partial charge in [-0.3, -0.25) is 19.1 Å². The molecule has 0 aliphatic carbocycles. The summed E-state index contributed by atoms with van der Waals surface area (Å²) in [5.41, 5.74) is 1.99. The summed E-state index contributed by atoms with van der Waals surface area (Å²) < 4.78 is 1.52. The molecule has 0 bridgehead atoms. The van der Waals surface area contributed by atoms with Crippen LogP contribution in [0, 0.1) is 5.92 Å². The van der Waals surface area contributed by atoms with Crippen molar-refractivity contribution in [2.45, 2.75) is 19.4 Å². The van der Waals surface area contributed by atoms with Crippen molar-refractivity contribution in [3.8, 4) is 0 Å². The first-order valence-electron chi connectivity index (χ1n) is 9.37. The fourth-order valence-electron chi connectivity index (χ4n) is 3.57. The number of hydrogen-bond donors (Lipinski definition) is 1. The van der Waals surface area contributed by atoms with Crippen molar-refractivity contribution in [2.24, 2.45) is 13.0 Å². The number of carbonyl (C=O) groups excluding carboxylic acids is 1. The van der Waals surface area contributed by atoms with E-state index in [1.807, 2.05) is 23.1 Å². The van der Waals surface area contributed by atoms with E-state index in [0.717, 1.165) is 18.4 Å². The molecule has 1 atom stereocenters. The molecule has 1 aliphatic heterocycles. The minimum Gasteiger partial charge on any atom is -0.352 e. The van der Waals surface area contributed by atoms with Gasteiger partial charge in [0.1, 0.15) is 5.52 Å². The molecule has 0 radical (unpaired) electrons. The second-order valence-corrected chi connectivity index (χ2v) is 7.01. The van der Waals surface area contributed by atoms with Gasteiger partial charge in [0.05, 0.1) is 5.92 Å². The van der Waals surface area contributed by atoms with Gasteiger partial charge in [-0.15, -0.1) is 0 Å². The van der Waals surface area contributed by atoms with Gasteiger partial charge >= 0.3 is 0 Å². The maximum Gasteiger partial charge on any atom is 0.294 e. The van der Waals surface area contributed by atoms with Gasteiger partial charge in [0.15, 0.2) is 11.5 Å². The van der Waals surface area contributed by atoms with Crippen LogP contribution in [0.1, 0.15) is 18.4 Å². The molecule has 3 aromatic rings. The monoisotopic (exact) mass is 378 g/mol. The van der Waals surface area contributed by atoms with E-state index in [4.69, 9.17) is 0 Å². The number of fused-ring (bicyclic) bond motifs is 1. The summed E-state index contributed by atoms with van der Waals surface area (Å²) in [7, 11) is 1.70. The van der Waals surface area contributed by atoms with Crippen LogP contribution in [0.4, 0.5) is 5.82 Å². The lowest BCUT2D eigenvalue weighted by molar-refractivity contribution is -0.125. The summed E-state index contributed by atoms with van der Waals surface area (Å²) in [6.45, 7) is 1.64. The molecular weight excluding hydrogens is 356 g/mol. The molecule has 1 amide bonds. The van der Waals surface area contributed by atoms with Crippen molar-refractivity contribution in [1.82, 2.24) is 24.8 Å². The van der Waals surface area contributed by atoms with E-state index in [1.54, 1.807) is 31.7 Å². The Bertz CT molecular complexity index is 1050. The third kappa shape index (κ3) is 3.58. The predicted molar refractivity (Wildman–Crippen MR) is 106 cm³/mol. The zero-order chi connectivity index (χ0) is 19.5. The molecule has 4 rings (SSSR count). The Kier molecular flexibility index (Phi) is 5.01. The summed E-state index contributed by atoms with van der Waals surface area (Å²) >= 11 is 0. The summed E-state index contributed by atoms with van der Waals surface area (Å²) in [4.78, 5) is 40.2. The molecule has 1 unspecified atom stereocenters. The first-order chi connectivity index (χ1) is 13.6. The summed E-state index contributed by atoms with van der Waals surface area (Å²) in [6.07, 6.45) is 6.72. The molecule has 8 heteroatoms. The van der Waals surface area contributed by atoms with Crippen LogP contribution >= 0.6 is 0 Å². The van der Waals surface area contributed by atoms with Gasteiger partial charge in [-0.1, -0.05) is 6.07 Å². The summed E-state index contributed by atoms with van der Waals surface area (Å²) in [5.74, 6) is 0.196. The molecule has 0 spiro atoms. The Balaban J connectivity index is 1.51. The van der Waals surface area contributed by atoms with Crippen LogP contribution in [0.2, 0.25) is 0 Å². The Morgan fingerprint density at radius 2 is 2.14 bits per heavy atom. The fourth-order valence-corrected chi connectivity index (χ4v) is 3.57. The number of amides is 1. The van der Waals surface area contributed by atoms with Gasteiger partial charge < -0.3 is 10.2 Å². The van der Waals surface area contributed by atoms with Crippen molar-refractivity contribution in [3.05, 3.63) is 58.8 Å². The average Bonchev–Trinajstić information content (AvgIpc) is 2.75. The first kappa shape index (κ1) is 18.1. The van der Waals surface area contributed by atoms with Crippen LogP contribution in [0.3, 0.4) is 0 Å². The summed E-state index contributed by atoms with van der Waals surface area (Å²) in [6, 6.07) is 7.42. The van der Waals surface area contributed by atoms with E-state index in [-0.39, 0.29) is 17.4 Å². The molecule has 8 nitrogen and oxygen atoms in total. The van der Waals surface area contributed by atoms with Crippen molar-refractivity contribution in [3.63, 3.8) is 0 Å². The zero-order valence-corrected chi connectivity index (χ0v) is 15.7. The third-order valence-electron chi connectivity index (χ3n) is 5.09. The lowest BCUT2D eigenvalue weighted by atomic mass is 9.97. The first-order valence-corrected chi connectivity index (χ1v) is 9.37. The van der Waals surface area contributed by atoms with Crippen molar-refractivity contribution >= 4 is 22.9 Å². The van der Waals surface area contributed by atoms with Gasteiger partial charge in [-0.05, 0) is 36.6 Å². The smallest absolute Gasteiger partial charge is 0.294 e. The Morgan fingerprint density at radius 3 is 2.96 bits per heavy atom. The van der Waals surface area contributed by atoms with E-state index in [1.165, 1.54) is 4.57 Å². The van der Waals surface area contributed by atoms with E-state index in [0.29, 0.717) is 36.6 Å². The molecular formula is C20H22N6O2. The fraction of sp³-hybridized carbons (Fsp3) is 0.350. The number of anilines is 1. The number of nitrogens with one attached hydrogen (secondary N) is 1. The van der Waals surface area contributed by atoms with Crippen molar-refractivity contribution in [2.75, 3.05) is 18.0 Å². The van der Waals surface area contributed by atoms with Crippen LogP contribution < -0.4 is 15.8 Å². The average molecular weight is 378 g/mol. The number of aryl methyl sites for hydroxylation is 1. The second kappa shape index (κ2) is 7.75. The highest BCUT2D eigenvalue weighted by atomic mass is 16.2. The number of pyridine rings is 2. The topological polar surface area (TPSA) is 93.0 Å². The highest BCUT2D eigenvalue weighted by molar-refractivity contribution is 5.79. The molecule has 28 heavy (non-hydrogen) atoms. The largest absolute Gasteiger partial charge is 0.352 e. The normalized spacial score (nSPS) is 16.9. The van der Waals surface area contributed by atoms with Crippen molar-refractivity contribution in [1.29, 1.82) is 0 Å². The van der Waals surface area contributed by atoms with Crippen LogP contribution in [-0.2, 0) is 18.4 Å². The van der Waals surface area contributed by atoms with Crippen LogP contribution in [0.5, 0.6) is 0 Å². The van der Waals surface area contributed by atoms with E-state index in [2.05, 4.69) is 20.3 Å². The van der Waals surface area contributed by atoms with Gasteiger partial charge in [-0.25, -0.2) is 9.97 Å². The number of rotatable bonds is 4. The van der Waals surface area contributed by atoms with E-state index >= 15 is 0 Å². The minimum absolute atomic E-state index is 0.00664. The van der Waals surface area contributed by atoms with Gasteiger partial charge in [0.2, 0.25) is 5.91 Å². The predicted octanol–water partition coefficient (Wildman–Crippen LogP) is 1.26. The quantitative estimate of drug-likeness (QED) is 0.735. The second-order valence-electron chi connectivity index (χ2n) is 7.01.